The zero-order valence-electron chi connectivity index (χ0n) is 21.0. The second-order valence-corrected chi connectivity index (χ2v) is 8.38. The number of carbonyl (C=O) groups is 3. The van der Waals surface area contributed by atoms with Gasteiger partial charge in [0, 0.05) is 17.7 Å². The van der Waals surface area contributed by atoms with Crippen molar-refractivity contribution in [3.05, 3.63) is 71.8 Å². The lowest BCUT2D eigenvalue weighted by Crippen LogP contribution is -2.41. The average Bonchev–Trinajstić information content (AvgIpc) is 2.87. The van der Waals surface area contributed by atoms with E-state index < -0.39 is 5.97 Å². The number of hydrogen-bond donors (Lipinski definition) is 2. The molecule has 0 spiro atoms. The van der Waals surface area contributed by atoms with Crippen LogP contribution in [0.25, 0.3) is 0 Å². The number of fused-ring (bicyclic) bond motifs is 1. The molecule has 9 nitrogen and oxygen atoms in total. The van der Waals surface area contributed by atoms with Gasteiger partial charge in [0.1, 0.15) is 18.0 Å². The first-order valence-corrected chi connectivity index (χ1v) is 12.0. The van der Waals surface area contributed by atoms with E-state index in [9.17, 15) is 14.4 Å². The van der Waals surface area contributed by atoms with Gasteiger partial charge < -0.3 is 29.7 Å². The van der Waals surface area contributed by atoms with Crippen LogP contribution in [0.3, 0.4) is 0 Å². The molecule has 0 aliphatic carbocycles. The summed E-state index contributed by atoms with van der Waals surface area (Å²) in [4.78, 5) is 39.6. The summed E-state index contributed by atoms with van der Waals surface area (Å²) in [5.74, 6) is 0.0847. The predicted molar refractivity (Wildman–Crippen MR) is 141 cm³/mol. The van der Waals surface area contributed by atoms with Gasteiger partial charge in [-0.1, -0.05) is 24.3 Å². The van der Waals surface area contributed by atoms with Crippen LogP contribution < -0.4 is 29.7 Å². The van der Waals surface area contributed by atoms with Crippen LogP contribution in [0.15, 0.2) is 60.7 Å². The van der Waals surface area contributed by atoms with E-state index >= 15 is 0 Å². The molecule has 192 valence electrons. The second kappa shape index (κ2) is 11.5. The normalized spacial score (nSPS) is 12.3. The molecule has 4 rings (SSSR count). The first-order valence-electron chi connectivity index (χ1n) is 12.0. The fourth-order valence-corrected chi connectivity index (χ4v) is 3.95. The summed E-state index contributed by atoms with van der Waals surface area (Å²) in [5, 5.41) is 5.73. The van der Waals surface area contributed by atoms with Crippen LogP contribution in [-0.2, 0) is 9.59 Å². The predicted octanol–water partition coefficient (Wildman–Crippen LogP) is 4.41. The molecule has 0 unspecified atom stereocenters. The van der Waals surface area contributed by atoms with Gasteiger partial charge in [-0.3, -0.25) is 9.59 Å². The van der Waals surface area contributed by atoms with E-state index in [0.29, 0.717) is 53.1 Å². The van der Waals surface area contributed by atoms with Crippen LogP contribution in [-0.4, -0.2) is 44.1 Å². The molecular weight excluding hydrogens is 474 g/mol. The van der Waals surface area contributed by atoms with Gasteiger partial charge in [-0.25, -0.2) is 4.79 Å². The van der Waals surface area contributed by atoms with E-state index in [1.165, 1.54) is 0 Å². The number of carbonyl (C=O) groups excluding carboxylic acids is 3. The third-order valence-electron chi connectivity index (χ3n) is 5.57. The van der Waals surface area contributed by atoms with E-state index in [1.54, 1.807) is 47.4 Å². The number of ether oxygens (including phenoxy) is 3. The number of amides is 2. The van der Waals surface area contributed by atoms with E-state index in [1.807, 2.05) is 39.0 Å². The maximum absolute atomic E-state index is 13.1. The molecule has 0 fully saturated rings. The third-order valence-corrected chi connectivity index (χ3v) is 5.57. The quantitative estimate of drug-likeness (QED) is 0.329. The lowest BCUT2D eigenvalue weighted by molar-refractivity contribution is -0.133. The van der Waals surface area contributed by atoms with E-state index in [2.05, 4.69) is 10.6 Å². The highest BCUT2D eigenvalue weighted by Gasteiger charge is 2.26. The molecule has 0 bridgehead atoms. The number of rotatable bonds is 9. The van der Waals surface area contributed by atoms with Crippen molar-refractivity contribution in [2.75, 3.05) is 41.8 Å². The summed E-state index contributed by atoms with van der Waals surface area (Å²) in [7, 11) is 0. The Labute approximate surface area is 215 Å². The fourth-order valence-electron chi connectivity index (χ4n) is 3.95. The van der Waals surface area contributed by atoms with Crippen molar-refractivity contribution in [2.24, 2.45) is 0 Å². The molecule has 0 atom stereocenters. The van der Waals surface area contributed by atoms with Crippen LogP contribution in [0, 0.1) is 6.92 Å². The Morgan fingerprint density at radius 1 is 0.919 bits per heavy atom. The van der Waals surface area contributed by atoms with Crippen LogP contribution in [0.2, 0.25) is 0 Å². The molecule has 1 aliphatic rings. The molecule has 1 aliphatic heterocycles. The van der Waals surface area contributed by atoms with Crippen molar-refractivity contribution in [3.63, 3.8) is 0 Å². The summed E-state index contributed by atoms with van der Waals surface area (Å²) in [6.07, 6.45) is 0. The Kier molecular flexibility index (Phi) is 7.92. The highest BCUT2D eigenvalue weighted by molar-refractivity contribution is 6.06. The molecule has 1 heterocycles. The Morgan fingerprint density at radius 2 is 1.57 bits per heavy atom. The van der Waals surface area contributed by atoms with Crippen molar-refractivity contribution in [3.8, 4) is 17.2 Å². The molecule has 0 saturated carbocycles. The molecular formula is C28H29N3O6. The minimum atomic E-state index is -0.434. The number of hydrogen-bond acceptors (Lipinski definition) is 7. The minimum absolute atomic E-state index is 0.0448. The van der Waals surface area contributed by atoms with Gasteiger partial charge in [0.2, 0.25) is 5.91 Å². The fraction of sp³-hybridized carbons (Fsp3) is 0.250. The zero-order valence-corrected chi connectivity index (χ0v) is 21.0. The molecule has 37 heavy (non-hydrogen) atoms. The van der Waals surface area contributed by atoms with Crippen molar-refractivity contribution in [1.29, 1.82) is 0 Å². The van der Waals surface area contributed by atoms with Gasteiger partial charge in [-0.2, -0.15) is 0 Å². The monoisotopic (exact) mass is 503 g/mol. The molecule has 9 heteroatoms. The van der Waals surface area contributed by atoms with Gasteiger partial charge in [-0.15, -0.1) is 0 Å². The molecule has 3 aromatic rings. The van der Waals surface area contributed by atoms with E-state index in [0.717, 1.165) is 5.56 Å². The summed E-state index contributed by atoms with van der Waals surface area (Å²) in [5.41, 5.74) is 2.96. The van der Waals surface area contributed by atoms with Crippen molar-refractivity contribution in [1.82, 2.24) is 0 Å². The summed E-state index contributed by atoms with van der Waals surface area (Å²) < 4.78 is 16.8. The Morgan fingerprint density at radius 3 is 2.22 bits per heavy atom. The number of nitrogens with zero attached hydrogens (tertiary/aromatic N) is 1. The Hall–Kier alpha value is -4.53. The van der Waals surface area contributed by atoms with Gasteiger partial charge in [-0.05, 0) is 50.6 Å². The molecule has 3 aromatic carbocycles. The smallest absolute Gasteiger partial charge is 0.331 e. The first-order chi connectivity index (χ1) is 17.9. The van der Waals surface area contributed by atoms with E-state index in [-0.39, 0.29) is 24.9 Å². The van der Waals surface area contributed by atoms with Gasteiger partial charge in [0.15, 0.2) is 5.75 Å². The highest BCUT2D eigenvalue weighted by Crippen LogP contribution is 2.38. The zero-order chi connectivity index (χ0) is 26.4. The lowest BCUT2D eigenvalue weighted by atomic mass is 10.1. The molecule has 0 aromatic heterocycles. The number of benzene rings is 3. The Bertz CT molecular complexity index is 1310. The minimum Gasteiger partial charge on any atom is -0.492 e. The largest absolute Gasteiger partial charge is 0.492 e. The second-order valence-electron chi connectivity index (χ2n) is 8.38. The average molecular weight is 504 g/mol. The van der Waals surface area contributed by atoms with Crippen LogP contribution in [0.5, 0.6) is 17.2 Å². The van der Waals surface area contributed by atoms with Crippen molar-refractivity contribution < 1.29 is 28.6 Å². The molecule has 2 N–H and O–H groups in total. The summed E-state index contributed by atoms with van der Waals surface area (Å²) >= 11 is 0. The third kappa shape index (κ3) is 6.19. The number of anilines is 3. The summed E-state index contributed by atoms with van der Waals surface area (Å²) in [6.45, 7) is 6.14. The van der Waals surface area contributed by atoms with Gasteiger partial charge in [0.05, 0.1) is 36.8 Å². The van der Waals surface area contributed by atoms with Crippen LogP contribution >= 0.6 is 0 Å². The van der Waals surface area contributed by atoms with Gasteiger partial charge >= 0.3 is 5.97 Å². The molecule has 0 radical (unpaired) electrons. The maximum Gasteiger partial charge on any atom is 0.331 e. The summed E-state index contributed by atoms with van der Waals surface area (Å²) in [6, 6.07) is 17.5. The topological polar surface area (TPSA) is 106 Å². The van der Waals surface area contributed by atoms with Gasteiger partial charge in [0.25, 0.3) is 5.91 Å². The SMILES string of the molecule is CCOc1cc(NC(=O)c2ccccc2)c(OCC)cc1NC(=O)CN1CC(=O)Oc2ccc(C)cc21. The van der Waals surface area contributed by atoms with Crippen LogP contribution in [0.1, 0.15) is 29.8 Å². The van der Waals surface area contributed by atoms with E-state index in [4.69, 9.17) is 14.2 Å². The van der Waals surface area contributed by atoms with Crippen LogP contribution in [0.4, 0.5) is 17.1 Å². The number of esters is 1. The Balaban J connectivity index is 1.57. The molecule has 2 amide bonds. The van der Waals surface area contributed by atoms with Crippen molar-refractivity contribution in [2.45, 2.75) is 20.8 Å². The first kappa shape index (κ1) is 25.6. The standard InChI is InChI=1S/C28H29N3O6/c1-4-35-24-15-21(30-28(34)19-9-7-6-8-10-19)25(36-5-2)14-20(24)29-26(32)16-31-17-27(33)37-23-12-11-18(3)13-22(23)31/h6-15H,4-5,16-17H2,1-3H3,(H,29,32)(H,30,34). The van der Waals surface area contributed by atoms with Crippen molar-refractivity contribution >= 4 is 34.8 Å². The molecule has 0 saturated heterocycles. The highest BCUT2D eigenvalue weighted by atomic mass is 16.5. The number of aryl methyl sites for hydroxylation is 1. The number of nitrogens with one attached hydrogen (secondary N) is 2. The lowest BCUT2D eigenvalue weighted by Gasteiger charge is -2.29. The maximum atomic E-state index is 13.1.